The second kappa shape index (κ2) is 5.78. The van der Waals surface area contributed by atoms with Gasteiger partial charge in [-0.25, -0.2) is 0 Å². The fourth-order valence-electron chi connectivity index (χ4n) is 1.73. The van der Waals surface area contributed by atoms with E-state index in [2.05, 4.69) is 11.4 Å². The first-order valence-electron chi connectivity index (χ1n) is 6.03. The number of benzene rings is 2. The highest BCUT2D eigenvalue weighted by Crippen LogP contribution is 2.30. The van der Waals surface area contributed by atoms with Crippen molar-refractivity contribution in [2.24, 2.45) is 0 Å². The molecule has 0 saturated heterocycles. The maximum atomic E-state index is 8.91. The molecule has 0 saturated carbocycles. The largest absolute Gasteiger partial charge is 0.492 e. The summed E-state index contributed by atoms with van der Waals surface area (Å²) < 4.78 is 5.54. The zero-order chi connectivity index (χ0) is 13.7. The predicted octanol–water partition coefficient (Wildman–Crippen LogP) is 3.28. The number of nitriles is 1. The van der Waals surface area contributed by atoms with Crippen LogP contribution in [0, 0.1) is 11.3 Å². The van der Waals surface area contributed by atoms with Gasteiger partial charge in [0.15, 0.2) is 0 Å². The molecular weight excluding hydrogens is 238 g/mol. The van der Waals surface area contributed by atoms with Gasteiger partial charge in [0.25, 0.3) is 0 Å². The van der Waals surface area contributed by atoms with E-state index in [-0.39, 0.29) is 0 Å². The highest BCUT2D eigenvalue weighted by atomic mass is 16.5. The second-order valence-electron chi connectivity index (χ2n) is 3.97. The summed E-state index contributed by atoms with van der Waals surface area (Å²) in [5.74, 6) is 0.756. The molecule has 0 radical (unpaired) electrons. The third-order valence-electron chi connectivity index (χ3n) is 2.64. The van der Waals surface area contributed by atoms with Gasteiger partial charge < -0.3 is 15.8 Å². The minimum atomic E-state index is 0.561. The van der Waals surface area contributed by atoms with Crippen LogP contribution in [-0.4, -0.2) is 6.61 Å². The Hall–Kier alpha value is -2.67. The maximum Gasteiger partial charge on any atom is 0.142 e. The van der Waals surface area contributed by atoms with Crippen LogP contribution in [0.5, 0.6) is 5.75 Å². The van der Waals surface area contributed by atoms with Gasteiger partial charge in [-0.3, -0.25) is 0 Å². The Kier molecular flexibility index (Phi) is 3.89. The van der Waals surface area contributed by atoms with Gasteiger partial charge in [0.1, 0.15) is 5.75 Å². The van der Waals surface area contributed by atoms with Gasteiger partial charge >= 0.3 is 0 Å². The molecule has 0 bridgehead atoms. The zero-order valence-electron chi connectivity index (χ0n) is 10.7. The molecular formula is C15H15N3O. The van der Waals surface area contributed by atoms with Gasteiger partial charge in [0.2, 0.25) is 0 Å². The van der Waals surface area contributed by atoms with Gasteiger partial charge in [-0.2, -0.15) is 5.26 Å². The third kappa shape index (κ3) is 2.96. The predicted molar refractivity (Wildman–Crippen MR) is 76.5 cm³/mol. The lowest BCUT2D eigenvalue weighted by molar-refractivity contribution is 0.342. The van der Waals surface area contributed by atoms with Crippen LogP contribution in [0.4, 0.5) is 17.1 Å². The molecule has 0 aliphatic heterocycles. The van der Waals surface area contributed by atoms with Gasteiger partial charge in [-0.1, -0.05) is 12.1 Å². The van der Waals surface area contributed by atoms with Gasteiger partial charge in [0, 0.05) is 0 Å². The fraction of sp³-hybridized carbons (Fsp3) is 0.133. The lowest BCUT2D eigenvalue weighted by Gasteiger charge is -2.13. The van der Waals surface area contributed by atoms with Crippen molar-refractivity contribution in [1.29, 1.82) is 5.26 Å². The number of hydrogen-bond donors (Lipinski definition) is 2. The normalized spacial score (nSPS) is 9.68. The molecule has 2 aromatic rings. The number of nitrogens with two attached hydrogens (primary N) is 1. The van der Waals surface area contributed by atoms with E-state index in [0.29, 0.717) is 23.5 Å². The van der Waals surface area contributed by atoms with Crippen LogP contribution in [0.25, 0.3) is 0 Å². The monoisotopic (exact) mass is 253 g/mol. The summed E-state index contributed by atoms with van der Waals surface area (Å²) in [5.41, 5.74) is 8.58. The van der Waals surface area contributed by atoms with Crippen LogP contribution in [-0.2, 0) is 0 Å². The van der Waals surface area contributed by atoms with Crippen LogP contribution >= 0.6 is 0 Å². The standard InChI is InChI=1S/C15H15N3O/c1-2-19-15-6-4-3-5-13(15)18-14-9-11(10-16)7-8-12(14)17/h3-9,18H,2,17H2,1H3. The Morgan fingerprint density at radius 1 is 1.21 bits per heavy atom. The van der Waals surface area contributed by atoms with Crippen molar-refractivity contribution < 1.29 is 4.74 Å². The molecule has 0 fully saturated rings. The van der Waals surface area contributed by atoms with Crippen molar-refractivity contribution in [2.75, 3.05) is 17.7 Å². The van der Waals surface area contributed by atoms with E-state index in [1.54, 1.807) is 18.2 Å². The van der Waals surface area contributed by atoms with Crippen LogP contribution < -0.4 is 15.8 Å². The molecule has 0 aliphatic rings. The molecule has 0 heterocycles. The lowest BCUT2D eigenvalue weighted by atomic mass is 10.2. The summed E-state index contributed by atoms with van der Waals surface area (Å²) in [6.45, 7) is 2.52. The van der Waals surface area contributed by atoms with Crippen LogP contribution in [0.15, 0.2) is 42.5 Å². The Morgan fingerprint density at radius 2 is 2.00 bits per heavy atom. The third-order valence-corrected chi connectivity index (χ3v) is 2.64. The maximum absolute atomic E-state index is 8.91. The molecule has 0 spiro atoms. The van der Waals surface area contributed by atoms with E-state index in [9.17, 15) is 0 Å². The number of rotatable bonds is 4. The fourth-order valence-corrected chi connectivity index (χ4v) is 1.73. The summed E-state index contributed by atoms with van der Waals surface area (Å²) in [5, 5.41) is 12.1. The Bertz CT molecular complexity index is 617. The molecule has 19 heavy (non-hydrogen) atoms. The molecule has 4 heteroatoms. The minimum absolute atomic E-state index is 0.561. The topological polar surface area (TPSA) is 71.1 Å². The van der Waals surface area contributed by atoms with Gasteiger partial charge in [-0.15, -0.1) is 0 Å². The molecule has 0 atom stereocenters. The molecule has 0 unspecified atom stereocenters. The highest BCUT2D eigenvalue weighted by molar-refractivity contribution is 5.76. The molecule has 2 rings (SSSR count). The number of hydrogen-bond acceptors (Lipinski definition) is 4. The van der Waals surface area contributed by atoms with Crippen molar-refractivity contribution >= 4 is 17.1 Å². The zero-order valence-corrected chi connectivity index (χ0v) is 10.7. The SMILES string of the molecule is CCOc1ccccc1Nc1cc(C#N)ccc1N. The molecule has 2 aromatic carbocycles. The van der Waals surface area contributed by atoms with Crippen LogP contribution in [0.1, 0.15) is 12.5 Å². The second-order valence-corrected chi connectivity index (χ2v) is 3.97. The van der Waals surface area contributed by atoms with E-state index >= 15 is 0 Å². The van der Waals surface area contributed by atoms with Crippen molar-refractivity contribution in [1.82, 2.24) is 0 Å². The first-order valence-corrected chi connectivity index (χ1v) is 6.03. The molecule has 0 aliphatic carbocycles. The van der Waals surface area contributed by atoms with Crippen LogP contribution in [0.2, 0.25) is 0 Å². The summed E-state index contributed by atoms with van der Waals surface area (Å²) in [6.07, 6.45) is 0. The number of ether oxygens (including phenoxy) is 1. The highest BCUT2D eigenvalue weighted by Gasteiger charge is 2.06. The summed E-state index contributed by atoms with van der Waals surface area (Å²) in [7, 11) is 0. The summed E-state index contributed by atoms with van der Waals surface area (Å²) in [4.78, 5) is 0. The molecule has 4 nitrogen and oxygen atoms in total. The Labute approximate surface area is 112 Å². The number of nitrogens with one attached hydrogen (secondary N) is 1. The quantitative estimate of drug-likeness (QED) is 0.820. The smallest absolute Gasteiger partial charge is 0.142 e. The average Bonchev–Trinajstić information content (AvgIpc) is 2.43. The molecule has 0 amide bonds. The summed E-state index contributed by atoms with van der Waals surface area (Å²) >= 11 is 0. The Balaban J connectivity index is 2.33. The van der Waals surface area contributed by atoms with Crippen molar-refractivity contribution in [3.63, 3.8) is 0 Å². The Morgan fingerprint density at radius 3 is 2.74 bits per heavy atom. The van der Waals surface area contributed by atoms with Gasteiger partial charge in [0.05, 0.1) is 35.3 Å². The first-order chi connectivity index (χ1) is 9.24. The molecule has 96 valence electrons. The van der Waals surface area contributed by atoms with E-state index in [0.717, 1.165) is 11.4 Å². The van der Waals surface area contributed by atoms with Crippen LogP contribution in [0.3, 0.4) is 0 Å². The van der Waals surface area contributed by atoms with Crippen molar-refractivity contribution in [2.45, 2.75) is 6.92 Å². The summed E-state index contributed by atoms with van der Waals surface area (Å²) in [6, 6.07) is 14.8. The minimum Gasteiger partial charge on any atom is -0.492 e. The number of nitrogens with zero attached hydrogens (tertiary/aromatic N) is 1. The molecule has 0 aromatic heterocycles. The molecule has 3 N–H and O–H groups in total. The number of anilines is 3. The van der Waals surface area contributed by atoms with Gasteiger partial charge in [-0.05, 0) is 37.3 Å². The average molecular weight is 253 g/mol. The van der Waals surface area contributed by atoms with E-state index < -0.39 is 0 Å². The first kappa shape index (κ1) is 12.8. The number of para-hydroxylation sites is 2. The lowest BCUT2D eigenvalue weighted by Crippen LogP contribution is -2.00. The van der Waals surface area contributed by atoms with E-state index in [1.807, 2.05) is 31.2 Å². The number of nitrogen functional groups attached to an aromatic ring is 1. The van der Waals surface area contributed by atoms with E-state index in [4.69, 9.17) is 15.7 Å². The van der Waals surface area contributed by atoms with Crippen molar-refractivity contribution in [3.8, 4) is 11.8 Å². The van der Waals surface area contributed by atoms with Crippen molar-refractivity contribution in [3.05, 3.63) is 48.0 Å². The van der Waals surface area contributed by atoms with E-state index in [1.165, 1.54) is 0 Å².